The van der Waals surface area contributed by atoms with Gasteiger partial charge in [0.1, 0.15) is 0 Å². The van der Waals surface area contributed by atoms with Crippen LogP contribution in [-0.2, 0) is 0 Å². The average molecular weight is 198 g/mol. The van der Waals surface area contributed by atoms with Gasteiger partial charge in [0.05, 0.1) is 5.54 Å². The summed E-state index contributed by atoms with van der Waals surface area (Å²) in [6, 6.07) is 0.455. The Bertz CT molecular complexity index is 272. The lowest BCUT2D eigenvalue weighted by Crippen LogP contribution is -2.44. The molecule has 1 heterocycles. The van der Waals surface area contributed by atoms with Crippen molar-refractivity contribution in [2.24, 2.45) is 5.73 Å². The maximum atomic E-state index is 5.73. The van der Waals surface area contributed by atoms with Crippen LogP contribution in [0.1, 0.15) is 32.5 Å². The minimum Gasteiger partial charge on any atom is -0.331 e. The lowest BCUT2D eigenvalue weighted by Gasteiger charge is -2.30. The first-order valence-corrected chi connectivity index (χ1v) is 4.94. The zero-order chi connectivity index (χ0) is 10.6. The molecule has 0 fully saturated rings. The molecule has 3 N–H and O–H groups in total. The van der Waals surface area contributed by atoms with Gasteiger partial charge in [-0.2, -0.15) is 4.98 Å². The molecule has 0 spiro atoms. The fourth-order valence-electron chi connectivity index (χ4n) is 1.34. The smallest absolute Gasteiger partial charge is 0.321 e. The molecule has 14 heavy (non-hydrogen) atoms. The third-order valence-electron chi connectivity index (χ3n) is 2.64. The van der Waals surface area contributed by atoms with Crippen LogP contribution >= 0.6 is 0 Å². The molecule has 0 radical (unpaired) electrons. The second-order valence-electron chi connectivity index (χ2n) is 3.46. The first-order chi connectivity index (χ1) is 6.65. The minimum atomic E-state index is -0.126. The molecular formula is C9H18N4O. The van der Waals surface area contributed by atoms with Crippen LogP contribution in [0, 0.1) is 6.92 Å². The number of hydrogen-bond acceptors (Lipinski definition) is 5. The molecule has 0 aliphatic rings. The maximum absolute atomic E-state index is 5.73. The molecule has 1 aromatic rings. The molecule has 0 aromatic carbocycles. The quantitative estimate of drug-likeness (QED) is 0.745. The maximum Gasteiger partial charge on any atom is 0.321 e. The van der Waals surface area contributed by atoms with Crippen molar-refractivity contribution in [2.75, 3.05) is 11.9 Å². The van der Waals surface area contributed by atoms with E-state index in [1.807, 2.05) is 0 Å². The molecular weight excluding hydrogens is 180 g/mol. The number of aromatic nitrogens is 2. The lowest BCUT2D eigenvalue weighted by atomic mass is 9.93. The Morgan fingerprint density at radius 3 is 2.43 bits per heavy atom. The standard InChI is InChI=1S/C9H18N4O/c1-4-9(5-2,6-10)12-8-11-7(3)13-14-8/h4-6,10H2,1-3H3,(H,11,12,13). The van der Waals surface area contributed by atoms with Crippen LogP contribution in [0.2, 0.25) is 0 Å². The fourth-order valence-corrected chi connectivity index (χ4v) is 1.34. The highest BCUT2D eigenvalue weighted by atomic mass is 16.5. The molecule has 0 bridgehead atoms. The summed E-state index contributed by atoms with van der Waals surface area (Å²) in [6.07, 6.45) is 1.86. The topological polar surface area (TPSA) is 77.0 Å². The largest absolute Gasteiger partial charge is 0.331 e. The van der Waals surface area contributed by atoms with Crippen molar-refractivity contribution < 1.29 is 4.52 Å². The molecule has 0 atom stereocenters. The average Bonchev–Trinajstić information content (AvgIpc) is 2.61. The van der Waals surface area contributed by atoms with Crippen molar-refractivity contribution in [3.63, 3.8) is 0 Å². The van der Waals surface area contributed by atoms with Crippen LogP contribution in [-0.4, -0.2) is 22.2 Å². The molecule has 80 valence electrons. The van der Waals surface area contributed by atoms with E-state index in [9.17, 15) is 0 Å². The Balaban J connectivity index is 2.73. The van der Waals surface area contributed by atoms with E-state index in [-0.39, 0.29) is 5.54 Å². The molecule has 5 heteroatoms. The van der Waals surface area contributed by atoms with Gasteiger partial charge in [-0.15, -0.1) is 0 Å². The van der Waals surface area contributed by atoms with Crippen molar-refractivity contribution in [2.45, 2.75) is 39.2 Å². The molecule has 1 rings (SSSR count). The Kier molecular flexibility index (Phi) is 3.46. The highest BCUT2D eigenvalue weighted by Crippen LogP contribution is 2.19. The Morgan fingerprint density at radius 2 is 2.07 bits per heavy atom. The molecule has 0 aliphatic carbocycles. The van der Waals surface area contributed by atoms with Crippen molar-refractivity contribution in [3.8, 4) is 0 Å². The SMILES string of the molecule is CCC(CC)(CN)Nc1nc(C)no1. The number of hydrogen-bond donors (Lipinski definition) is 2. The summed E-state index contributed by atoms with van der Waals surface area (Å²) in [7, 11) is 0. The molecule has 0 unspecified atom stereocenters. The van der Waals surface area contributed by atoms with Crippen molar-refractivity contribution in [1.82, 2.24) is 10.1 Å². The number of aryl methyl sites for hydroxylation is 1. The van der Waals surface area contributed by atoms with Gasteiger partial charge in [-0.05, 0) is 19.8 Å². The number of rotatable bonds is 5. The van der Waals surface area contributed by atoms with Gasteiger partial charge in [-0.25, -0.2) is 0 Å². The van der Waals surface area contributed by atoms with Gasteiger partial charge < -0.3 is 15.6 Å². The van der Waals surface area contributed by atoms with Crippen molar-refractivity contribution in [3.05, 3.63) is 5.82 Å². The zero-order valence-corrected chi connectivity index (χ0v) is 9.00. The van der Waals surface area contributed by atoms with E-state index in [4.69, 9.17) is 10.3 Å². The molecule has 0 amide bonds. The normalized spacial score (nSPS) is 11.7. The summed E-state index contributed by atoms with van der Waals surface area (Å²) < 4.78 is 5.00. The van der Waals surface area contributed by atoms with Gasteiger partial charge in [0.2, 0.25) is 0 Å². The number of nitrogens with one attached hydrogen (secondary N) is 1. The predicted octanol–water partition coefficient (Wildman–Crippen LogP) is 1.31. The second-order valence-corrected chi connectivity index (χ2v) is 3.46. The zero-order valence-electron chi connectivity index (χ0n) is 9.00. The monoisotopic (exact) mass is 198 g/mol. The third-order valence-corrected chi connectivity index (χ3v) is 2.64. The van der Waals surface area contributed by atoms with E-state index >= 15 is 0 Å². The Labute approximate surface area is 84.1 Å². The summed E-state index contributed by atoms with van der Waals surface area (Å²) in [5.74, 6) is 0.630. The summed E-state index contributed by atoms with van der Waals surface area (Å²) in [6.45, 7) is 6.53. The van der Waals surface area contributed by atoms with E-state index in [2.05, 4.69) is 29.3 Å². The van der Waals surface area contributed by atoms with E-state index in [0.29, 0.717) is 18.4 Å². The molecule has 1 aromatic heterocycles. The Morgan fingerprint density at radius 1 is 1.43 bits per heavy atom. The van der Waals surface area contributed by atoms with Crippen LogP contribution in [0.15, 0.2) is 4.52 Å². The van der Waals surface area contributed by atoms with E-state index in [1.54, 1.807) is 6.92 Å². The highest BCUT2D eigenvalue weighted by molar-refractivity contribution is 5.25. The van der Waals surface area contributed by atoms with Crippen LogP contribution in [0.5, 0.6) is 0 Å². The third kappa shape index (κ3) is 2.23. The molecule has 5 nitrogen and oxygen atoms in total. The van der Waals surface area contributed by atoms with Crippen LogP contribution in [0.3, 0.4) is 0 Å². The van der Waals surface area contributed by atoms with Gasteiger partial charge in [0, 0.05) is 6.54 Å². The van der Waals surface area contributed by atoms with E-state index in [0.717, 1.165) is 12.8 Å². The predicted molar refractivity (Wildman–Crippen MR) is 55.0 cm³/mol. The van der Waals surface area contributed by atoms with Gasteiger partial charge in [-0.3, -0.25) is 0 Å². The first kappa shape index (κ1) is 11.0. The minimum absolute atomic E-state index is 0.126. The number of nitrogens with two attached hydrogens (primary N) is 1. The van der Waals surface area contributed by atoms with Crippen LogP contribution < -0.4 is 11.1 Å². The fraction of sp³-hybridized carbons (Fsp3) is 0.778. The first-order valence-electron chi connectivity index (χ1n) is 4.94. The van der Waals surface area contributed by atoms with Gasteiger partial charge in [-0.1, -0.05) is 19.0 Å². The highest BCUT2D eigenvalue weighted by Gasteiger charge is 2.25. The van der Waals surface area contributed by atoms with E-state index < -0.39 is 0 Å². The number of anilines is 1. The van der Waals surface area contributed by atoms with Crippen molar-refractivity contribution in [1.29, 1.82) is 0 Å². The summed E-state index contributed by atoms with van der Waals surface area (Å²) in [5.41, 5.74) is 5.61. The molecule has 0 aliphatic heterocycles. The number of nitrogens with zero attached hydrogens (tertiary/aromatic N) is 2. The van der Waals surface area contributed by atoms with Gasteiger partial charge in [0.15, 0.2) is 5.82 Å². The van der Waals surface area contributed by atoms with Gasteiger partial charge >= 0.3 is 6.01 Å². The molecule has 0 saturated carbocycles. The summed E-state index contributed by atoms with van der Waals surface area (Å²) in [4.78, 5) is 4.09. The van der Waals surface area contributed by atoms with E-state index in [1.165, 1.54) is 0 Å². The van der Waals surface area contributed by atoms with Crippen LogP contribution in [0.25, 0.3) is 0 Å². The van der Waals surface area contributed by atoms with Gasteiger partial charge in [0.25, 0.3) is 0 Å². The van der Waals surface area contributed by atoms with Crippen LogP contribution in [0.4, 0.5) is 6.01 Å². The second kappa shape index (κ2) is 4.41. The van der Waals surface area contributed by atoms with Crippen molar-refractivity contribution >= 4 is 6.01 Å². The molecule has 0 saturated heterocycles. The lowest BCUT2D eigenvalue weighted by molar-refractivity contribution is 0.385. The Hall–Kier alpha value is -1.10. The summed E-state index contributed by atoms with van der Waals surface area (Å²) >= 11 is 0. The summed E-state index contributed by atoms with van der Waals surface area (Å²) in [5, 5.41) is 6.91.